The number of aromatic hydroxyl groups is 1. The second-order valence-electron chi connectivity index (χ2n) is 8.31. The highest BCUT2D eigenvalue weighted by Gasteiger charge is 2.57. The number of halogens is 1. The van der Waals surface area contributed by atoms with Gasteiger partial charge in [-0.15, -0.1) is 0 Å². The number of amides is 2. The van der Waals surface area contributed by atoms with E-state index in [1.165, 1.54) is 31.4 Å². The van der Waals surface area contributed by atoms with E-state index in [4.69, 9.17) is 0 Å². The molecule has 25 heavy (non-hydrogen) atoms. The third-order valence-corrected chi connectivity index (χ3v) is 7.04. The Morgan fingerprint density at radius 3 is 2.44 bits per heavy atom. The number of phenols is 1. The minimum atomic E-state index is -0.506. The zero-order valence-electron chi connectivity index (χ0n) is 14.1. The Bertz CT molecular complexity index is 706. The Balaban J connectivity index is 1.37. The molecule has 0 aromatic heterocycles. The summed E-state index contributed by atoms with van der Waals surface area (Å²) < 4.78 is 0.219. The Morgan fingerprint density at radius 1 is 1.12 bits per heavy atom. The Kier molecular flexibility index (Phi) is 4.06. The van der Waals surface area contributed by atoms with Crippen molar-refractivity contribution >= 4 is 27.7 Å². The smallest absolute Gasteiger partial charge is 0.273 e. The summed E-state index contributed by atoms with van der Waals surface area (Å²) in [5.74, 6) is 0.695. The molecule has 0 spiro atoms. The molecule has 1 aromatic rings. The van der Waals surface area contributed by atoms with Crippen LogP contribution in [-0.4, -0.2) is 21.2 Å². The van der Waals surface area contributed by atoms with Crippen molar-refractivity contribution in [3.63, 3.8) is 0 Å². The first kappa shape index (κ1) is 16.9. The van der Waals surface area contributed by atoms with Crippen molar-refractivity contribution in [1.82, 2.24) is 10.9 Å². The molecule has 5 nitrogen and oxygen atoms in total. The number of rotatable bonds is 3. The third kappa shape index (κ3) is 3.28. The van der Waals surface area contributed by atoms with Crippen LogP contribution in [0.25, 0.3) is 0 Å². The topological polar surface area (TPSA) is 78.4 Å². The van der Waals surface area contributed by atoms with Gasteiger partial charge >= 0.3 is 0 Å². The van der Waals surface area contributed by atoms with Crippen LogP contribution in [0.3, 0.4) is 0 Å². The van der Waals surface area contributed by atoms with Crippen LogP contribution >= 0.6 is 15.9 Å². The molecule has 5 rings (SSSR count). The second-order valence-corrected chi connectivity index (χ2v) is 9.99. The van der Waals surface area contributed by atoms with Gasteiger partial charge < -0.3 is 5.11 Å². The lowest BCUT2D eigenvalue weighted by Crippen LogP contribution is -2.54. The van der Waals surface area contributed by atoms with Crippen LogP contribution in [0.5, 0.6) is 5.75 Å². The van der Waals surface area contributed by atoms with Crippen molar-refractivity contribution < 1.29 is 14.7 Å². The van der Waals surface area contributed by atoms with Gasteiger partial charge in [-0.25, -0.2) is 0 Å². The largest absolute Gasteiger partial charge is 0.507 e. The fraction of sp³-hybridized carbons (Fsp3) is 0.579. The number of hydrogen-bond acceptors (Lipinski definition) is 3. The maximum atomic E-state index is 12.4. The number of alkyl halides is 1. The lowest BCUT2D eigenvalue weighted by molar-refractivity contribution is -0.128. The van der Waals surface area contributed by atoms with Gasteiger partial charge in [-0.3, -0.25) is 20.4 Å². The summed E-state index contributed by atoms with van der Waals surface area (Å²) in [6, 6.07) is 6.28. The molecule has 4 saturated carbocycles. The van der Waals surface area contributed by atoms with Crippen molar-refractivity contribution in [3.8, 4) is 5.75 Å². The number of phenolic OH excluding ortho intramolecular Hbond substituents is 1. The summed E-state index contributed by atoms with van der Waals surface area (Å²) in [5, 5.41) is 9.71. The maximum absolute atomic E-state index is 12.4. The van der Waals surface area contributed by atoms with Crippen molar-refractivity contribution in [2.24, 2.45) is 17.3 Å². The molecule has 0 saturated heterocycles. The summed E-state index contributed by atoms with van der Waals surface area (Å²) in [6.45, 7) is 0. The van der Waals surface area contributed by atoms with Crippen LogP contribution in [0, 0.1) is 17.3 Å². The molecule has 134 valence electrons. The number of para-hydroxylation sites is 1. The highest BCUT2D eigenvalue weighted by molar-refractivity contribution is 9.10. The average Bonchev–Trinajstić information content (AvgIpc) is 2.50. The molecule has 4 aliphatic carbocycles. The van der Waals surface area contributed by atoms with Crippen LogP contribution in [0.15, 0.2) is 24.3 Å². The van der Waals surface area contributed by atoms with E-state index >= 15 is 0 Å². The number of nitrogens with one attached hydrogen (secondary N) is 2. The molecule has 4 fully saturated rings. The minimum absolute atomic E-state index is 0.0667. The SMILES string of the molecule is O=C(CC12CC3CC(CC(Br)(C3)C1)C2)NNC(=O)c1ccccc1O. The molecule has 1 aromatic carbocycles. The summed E-state index contributed by atoms with van der Waals surface area (Å²) in [5.41, 5.74) is 5.17. The minimum Gasteiger partial charge on any atom is -0.507 e. The summed E-state index contributed by atoms with van der Waals surface area (Å²) in [7, 11) is 0. The molecule has 6 heteroatoms. The van der Waals surface area contributed by atoms with Crippen LogP contribution in [-0.2, 0) is 4.79 Å². The van der Waals surface area contributed by atoms with E-state index < -0.39 is 5.91 Å². The highest BCUT2D eigenvalue weighted by Crippen LogP contribution is 2.65. The standard InChI is InChI=1S/C19H23BrN2O3/c20-19-8-12-5-13(9-19)7-18(6-12,11-19)10-16(24)21-22-17(25)14-3-1-2-4-15(14)23/h1-4,12-13,23H,5-11H2,(H,21,24)(H,22,25). The van der Waals surface area contributed by atoms with Crippen molar-refractivity contribution in [2.75, 3.05) is 0 Å². The van der Waals surface area contributed by atoms with Gasteiger partial charge in [0.15, 0.2) is 0 Å². The van der Waals surface area contributed by atoms with E-state index in [1.807, 2.05) is 0 Å². The van der Waals surface area contributed by atoms with E-state index in [0.717, 1.165) is 31.1 Å². The van der Waals surface area contributed by atoms with Crippen molar-refractivity contribution in [3.05, 3.63) is 29.8 Å². The maximum Gasteiger partial charge on any atom is 0.273 e. The lowest BCUT2D eigenvalue weighted by atomic mass is 9.48. The average molecular weight is 407 g/mol. The molecular formula is C19H23BrN2O3. The van der Waals surface area contributed by atoms with Crippen LogP contribution in [0.2, 0.25) is 0 Å². The summed E-state index contributed by atoms with van der Waals surface area (Å²) in [6.07, 6.45) is 7.52. The first-order valence-corrected chi connectivity index (χ1v) is 9.72. The van der Waals surface area contributed by atoms with E-state index in [2.05, 4.69) is 26.8 Å². The highest BCUT2D eigenvalue weighted by atomic mass is 79.9. The first-order chi connectivity index (χ1) is 11.9. The number of carbonyl (C=O) groups is 2. The molecule has 0 heterocycles. The number of benzene rings is 1. The second kappa shape index (κ2) is 6.01. The summed E-state index contributed by atoms with van der Waals surface area (Å²) >= 11 is 3.95. The monoisotopic (exact) mass is 406 g/mol. The Hall–Kier alpha value is -1.56. The first-order valence-electron chi connectivity index (χ1n) is 8.93. The van der Waals surface area contributed by atoms with E-state index in [1.54, 1.807) is 12.1 Å². The van der Waals surface area contributed by atoms with Gasteiger partial charge in [-0.05, 0) is 67.9 Å². The van der Waals surface area contributed by atoms with E-state index in [9.17, 15) is 14.7 Å². The van der Waals surface area contributed by atoms with Crippen LogP contribution < -0.4 is 10.9 Å². The van der Waals surface area contributed by atoms with E-state index in [0.29, 0.717) is 6.42 Å². The Morgan fingerprint density at radius 2 is 1.80 bits per heavy atom. The van der Waals surface area contributed by atoms with Gasteiger partial charge in [-0.1, -0.05) is 28.1 Å². The molecule has 0 radical (unpaired) electrons. The predicted molar refractivity (Wildman–Crippen MR) is 97.1 cm³/mol. The van der Waals surface area contributed by atoms with Gasteiger partial charge in [0.05, 0.1) is 5.56 Å². The van der Waals surface area contributed by atoms with Crippen LogP contribution in [0.1, 0.15) is 55.3 Å². The molecule has 2 unspecified atom stereocenters. The van der Waals surface area contributed by atoms with Crippen molar-refractivity contribution in [1.29, 1.82) is 0 Å². The van der Waals surface area contributed by atoms with Gasteiger partial charge in [0, 0.05) is 10.7 Å². The quantitative estimate of drug-likeness (QED) is 0.532. The van der Waals surface area contributed by atoms with Gasteiger partial charge in [-0.2, -0.15) is 0 Å². The van der Waals surface area contributed by atoms with Crippen LogP contribution in [0.4, 0.5) is 0 Å². The summed E-state index contributed by atoms with van der Waals surface area (Å²) in [4.78, 5) is 24.5. The zero-order valence-corrected chi connectivity index (χ0v) is 15.6. The van der Waals surface area contributed by atoms with Gasteiger partial charge in [0.2, 0.25) is 5.91 Å². The third-order valence-electron chi connectivity index (χ3n) is 6.11. The number of carbonyl (C=O) groups excluding carboxylic acids is 2. The zero-order chi connectivity index (χ0) is 17.7. The number of hydrogen-bond donors (Lipinski definition) is 3. The van der Waals surface area contributed by atoms with Gasteiger partial charge in [0.1, 0.15) is 5.75 Å². The lowest BCUT2D eigenvalue weighted by Gasteiger charge is -2.60. The van der Waals surface area contributed by atoms with Crippen molar-refractivity contribution in [2.45, 2.75) is 49.3 Å². The van der Waals surface area contributed by atoms with Gasteiger partial charge in [0.25, 0.3) is 5.91 Å². The molecule has 2 amide bonds. The fourth-order valence-corrected chi connectivity index (χ4v) is 7.30. The molecule has 0 aliphatic heterocycles. The Labute approximate surface area is 155 Å². The number of hydrazine groups is 1. The normalized spacial score (nSPS) is 35.4. The molecule has 4 bridgehead atoms. The predicted octanol–water partition coefficient (Wildman–Crippen LogP) is 3.28. The molecule has 2 atom stereocenters. The molecule has 3 N–H and O–H groups in total. The molecular weight excluding hydrogens is 384 g/mol. The molecule has 4 aliphatic rings. The fourth-order valence-electron chi connectivity index (χ4n) is 5.79. The van der Waals surface area contributed by atoms with E-state index in [-0.39, 0.29) is 27.0 Å².